The van der Waals surface area contributed by atoms with Crippen LogP contribution in [-0.4, -0.2) is 24.0 Å². The Morgan fingerprint density at radius 3 is 1.67 bits per heavy atom. The van der Waals surface area contributed by atoms with Crippen molar-refractivity contribution in [1.29, 1.82) is 0 Å². The zero-order chi connectivity index (χ0) is 20.8. The average molecular weight is 406 g/mol. The summed E-state index contributed by atoms with van der Waals surface area (Å²) in [6.07, 6.45) is 13.0. The molecule has 0 bridgehead atoms. The molecule has 0 aromatic carbocycles. The van der Waals surface area contributed by atoms with Crippen molar-refractivity contribution in [3.8, 4) is 0 Å². The normalized spacial score (nSPS) is 14.9. The molecular weight excluding hydrogens is 357 g/mol. The fourth-order valence-electron chi connectivity index (χ4n) is 3.27. The summed E-state index contributed by atoms with van der Waals surface area (Å²) in [4.78, 5) is 0. The molecule has 4 nitrogen and oxygen atoms in total. The van der Waals surface area contributed by atoms with Crippen LogP contribution in [0.4, 0.5) is 0 Å². The van der Waals surface area contributed by atoms with Crippen LogP contribution in [0.3, 0.4) is 0 Å². The third kappa shape index (κ3) is 11.6. The number of rotatable bonds is 18. The van der Waals surface area contributed by atoms with Crippen LogP contribution in [0.5, 0.6) is 0 Å². The lowest BCUT2D eigenvalue weighted by Gasteiger charge is -2.39. The predicted molar refractivity (Wildman–Crippen MR) is 119 cm³/mol. The molecule has 0 aliphatic rings. The lowest BCUT2D eigenvalue weighted by atomic mass is 10.1. The zero-order valence-corrected chi connectivity index (χ0v) is 20.2. The highest BCUT2D eigenvalue weighted by Crippen LogP contribution is 2.62. The van der Waals surface area contributed by atoms with Gasteiger partial charge in [0.15, 0.2) is 0 Å². The van der Waals surface area contributed by atoms with Gasteiger partial charge in [-0.1, -0.05) is 71.6 Å². The molecule has 164 valence electrons. The summed E-state index contributed by atoms with van der Waals surface area (Å²) in [6, 6.07) is 0. The Morgan fingerprint density at radius 1 is 0.778 bits per heavy atom. The van der Waals surface area contributed by atoms with Gasteiger partial charge in [-0.2, -0.15) is 0 Å². The predicted octanol–water partition coefficient (Wildman–Crippen LogP) is 7.67. The van der Waals surface area contributed by atoms with E-state index in [1.54, 1.807) is 0 Å². The van der Waals surface area contributed by atoms with E-state index in [1.165, 1.54) is 44.9 Å². The number of hydrogen-bond acceptors (Lipinski definition) is 4. The lowest BCUT2D eigenvalue weighted by Crippen LogP contribution is -2.44. The van der Waals surface area contributed by atoms with Crippen molar-refractivity contribution in [3.05, 3.63) is 0 Å². The maximum atomic E-state index is 13.7. The molecule has 1 atom stereocenters. The molecule has 0 spiro atoms. The summed E-state index contributed by atoms with van der Waals surface area (Å²) in [7, 11) is -3.27. The molecular formula is C22H48NO3P. The van der Waals surface area contributed by atoms with E-state index in [4.69, 9.17) is 9.05 Å². The van der Waals surface area contributed by atoms with E-state index in [-0.39, 0.29) is 12.2 Å². The summed E-state index contributed by atoms with van der Waals surface area (Å²) < 4.78 is 25.6. The second kappa shape index (κ2) is 15.0. The Hall–Kier alpha value is 0.110. The highest BCUT2D eigenvalue weighted by molar-refractivity contribution is 7.55. The SMILES string of the molecule is CCCCCCCCCCNC(C)(CCCC)P(=O)(OC(C)C)OC(C)C. The van der Waals surface area contributed by atoms with Gasteiger partial charge in [0, 0.05) is 0 Å². The minimum absolute atomic E-state index is 0.125. The number of nitrogens with one attached hydrogen (secondary N) is 1. The first-order valence-electron chi connectivity index (χ1n) is 11.4. The van der Waals surface area contributed by atoms with Gasteiger partial charge in [-0.3, -0.25) is 4.57 Å². The van der Waals surface area contributed by atoms with Crippen molar-refractivity contribution in [1.82, 2.24) is 5.32 Å². The average Bonchev–Trinajstić information content (AvgIpc) is 2.57. The number of unbranched alkanes of at least 4 members (excludes halogenated alkanes) is 8. The summed E-state index contributed by atoms with van der Waals surface area (Å²) in [5, 5.41) is 2.95. The summed E-state index contributed by atoms with van der Waals surface area (Å²) >= 11 is 0. The van der Waals surface area contributed by atoms with E-state index < -0.39 is 12.9 Å². The molecule has 0 aliphatic carbocycles. The van der Waals surface area contributed by atoms with Crippen LogP contribution in [0.25, 0.3) is 0 Å². The van der Waals surface area contributed by atoms with Gasteiger partial charge in [0.05, 0.1) is 12.2 Å². The molecule has 0 aromatic heterocycles. The van der Waals surface area contributed by atoms with Crippen LogP contribution < -0.4 is 5.32 Å². The molecule has 0 heterocycles. The highest BCUT2D eigenvalue weighted by atomic mass is 31.2. The molecule has 27 heavy (non-hydrogen) atoms. The molecule has 0 saturated heterocycles. The van der Waals surface area contributed by atoms with Gasteiger partial charge in [0.1, 0.15) is 5.28 Å². The molecule has 0 aliphatic heterocycles. The van der Waals surface area contributed by atoms with Crippen molar-refractivity contribution >= 4 is 7.60 Å². The summed E-state index contributed by atoms with van der Waals surface area (Å²) in [5.74, 6) is 0. The fourth-order valence-corrected chi connectivity index (χ4v) is 5.63. The smallest absolute Gasteiger partial charge is 0.305 e. The van der Waals surface area contributed by atoms with Gasteiger partial charge >= 0.3 is 7.60 Å². The molecule has 0 rings (SSSR count). The Morgan fingerprint density at radius 2 is 1.22 bits per heavy atom. The second-order valence-corrected chi connectivity index (χ2v) is 11.0. The maximum Gasteiger partial charge on any atom is 0.350 e. The van der Waals surface area contributed by atoms with Crippen molar-refractivity contribution in [3.63, 3.8) is 0 Å². The summed E-state index contributed by atoms with van der Waals surface area (Å²) in [6.45, 7) is 15.0. The van der Waals surface area contributed by atoms with E-state index in [0.717, 1.165) is 32.2 Å². The standard InChI is InChI=1S/C22H48NO3P/c1-8-10-12-13-14-15-16-17-19-23-22(7,18-11-9-2)27(24,25-20(3)4)26-21(5)6/h20-21,23H,8-19H2,1-7H3. The van der Waals surface area contributed by atoms with Gasteiger partial charge in [0.2, 0.25) is 0 Å². The van der Waals surface area contributed by atoms with E-state index in [9.17, 15) is 4.57 Å². The van der Waals surface area contributed by atoms with Crippen LogP contribution >= 0.6 is 7.60 Å². The highest BCUT2D eigenvalue weighted by Gasteiger charge is 2.47. The van der Waals surface area contributed by atoms with Crippen molar-refractivity contribution in [2.75, 3.05) is 6.54 Å². The van der Waals surface area contributed by atoms with E-state index in [1.807, 2.05) is 34.6 Å². The van der Waals surface area contributed by atoms with Crippen LogP contribution in [0.2, 0.25) is 0 Å². The van der Waals surface area contributed by atoms with E-state index in [2.05, 4.69) is 19.2 Å². The second-order valence-electron chi connectivity index (χ2n) is 8.58. The Bertz CT molecular complexity index is 387. The van der Waals surface area contributed by atoms with Gasteiger partial charge < -0.3 is 14.4 Å². The van der Waals surface area contributed by atoms with Gasteiger partial charge in [0.25, 0.3) is 0 Å². The third-order valence-corrected chi connectivity index (χ3v) is 7.85. The molecule has 0 aromatic rings. The van der Waals surface area contributed by atoms with Gasteiger partial charge in [-0.15, -0.1) is 0 Å². The molecule has 0 fully saturated rings. The van der Waals surface area contributed by atoms with Crippen LogP contribution in [0.1, 0.15) is 119 Å². The largest absolute Gasteiger partial charge is 0.350 e. The molecule has 1 N–H and O–H groups in total. The van der Waals surface area contributed by atoms with Crippen LogP contribution in [0.15, 0.2) is 0 Å². The number of hydrogen-bond donors (Lipinski definition) is 1. The van der Waals surface area contributed by atoms with Crippen LogP contribution in [0, 0.1) is 0 Å². The molecule has 0 radical (unpaired) electrons. The Labute approximate surface area is 170 Å². The van der Waals surface area contributed by atoms with E-state index >= 15 is 0 Å². The zero-order valence-electron chi connectivity index (χ0n) is 19.3. The quantitative estimate of drug-likeness (QED) is 0.188. The first kappa shape index (κ1) is 27.1. The molecule has 0 saturated carbocycles. The van der Waals surface area contributed by atoms with Crippen LogP contribution in [-0.2, 0) is 13.6 Å². The first-order valence-corrected chi connectivity index (χ1v) is 13.0. The van der Waals surface area contributed by atoms with E-state index in [0.29, 0.717) is 0 Å². The minimum Gasteiger partial charge on any atom is -0.305 e. The molecule has 0 amide bonds. The topological polar surface area (TPSA) is 47.6 Å². The lowest BCUT2D eigenvalue weighted by molar-refractivity contribution is 0.119. The van der Waals surface area contributed by atoms with Gasteiger partial charge in [-0.05, 0) is 54.0 Å². The van der Waals surface area contributed by atoms with Crippen molar-refractivity contribution in [2.24, 2.45) is 0 Å². The van der Waals surface area contributed by atoms with Gasteiger partial charge in [-0.25, -0.2) is 0 Å². The molecule has 1 unspecified atom stereocenters. The monoisotopic (exact) mass is 405 g/mol. The Balaban J connectivity index is 4.68. The first-order chi connectivity index (χ1) is 12.7. The molecule has 5 heteroatoms. The van der Waals surface area contributed by atoms with Crippen molar-refractivity contribution < 1.29 is 13.6 Å². The minimum atomic E-state index is -3.27. The fraction of sp³-hybridized carbons (Fsp3) is 1.00. The van der Waals surface area contributed by atoms with Crippen molar-refractivity contribution in [2.45, 2.75) is 137 Å². The Kier molecular flexibility index (Phi) is 15.1. The third-order valence-electron chi connectivity index (χ3n) is 4.86. The maximum absolute atomic E-state index is 13.7. The summed E-state index contributed by atoms with van der Waals surface area (Å²) in [5.41, 5.74) is 0.